The summed E-state index contributed by atoms with van der Waals surface area (Å²) in [5.74, 6) is 0.102. The molecular weight excluding hydrogens is 388 g/mol. The minimum Gasteiger partial charge on any atom is -0.354 e. The number of para-hydroxylation sites is 2. The summed E-state index contributed by atoms with van der Waals surface area (Å²) in [7, 11) is 0. The number of imidazole rings is 1. The van der Waals surface area contributed by atoms with Crippen LogP contribution < -0.4 is 5.32 Å². The van der Waals surface area contributed by atoms with Crippen LogP contribution in [0.4, 0.5) is 0 Å². The second kappa shape index (κ2) is 8.17. The van der Waals surface area contributed by atoms with Crippen molar-refractivity contribution in [3.8, 4) is 0 Å². The lowest BCUT2D eigenvalue weighted by Crippen LogP contribution is -2.52. The molecule has 1 N–H and O–H groups in total. The summed E-state index contributed by atoms with van der Waals surface area (Å²) in [4.78, 5) is 32.5. The molecule has 2 heterocycles. The van der Waals surface area contributed by atoms with Gasteiger partial charge in [0.25, 0.3) is 5.91 Å². The SMILES string of the molecule is O=C(CC1(N2Cc3ccccc3C2=O)CCCCC1)NCCn1cnc2ccccc21. The van der Waals surface area contributed by atoms with Crippen LogP contribution in [0.2, 0.25) is 0 Å². The predicted molar refractivity (Wildman–Crippen MR) is 119 cm³/mol. The third-order valence-corrected chi connectivity index (χ3v) is 6.87. The summed E-state index contributed by atoms with van der Waals surface area (Å²) >= 11 is 0. The summed E-state index contributed by atoms with van der Waals surface area (Å²) in [6, 6.07) is 15.8. The average Bonchev–Trinajstić information content (AvgIpc) is 3.36. The highest BCUT2D eigenvalue weighted by Crippen LogP contribution is 2.41. The molecule has 0 unspecified atom stereocenters. The van der Waals surface area contributed by atoms with Gasteiger partial charge in [0, 0.05) is 31.6 Å². The van der Waals surface area contributed by atoms with E-state index in [1.807, 2.05) is 59.8 Å². The Morgan fingerprint density at radius 3 is 2.65 bits per heavy atom. The third kappa shape index (κ3) is 3.71. The molecule has 6 nitrogen and oxygen atoms in total. The molecule has 160 valence electrons. The van der Waals surface area contributed by atoms with E-state index in [1.165, 1.54) is 6.42 Å². The number of carbonyl (C=O) groups is 2. The van der Waals surface area contributed by atoms with E-state index in [2.05, 4.69) is 14.9 Å². The molecule has 0 atom stereocenters. The van der Waals surface area contributed by atoms with E-state index < -0.39 is 0 Å². The number of carbonyl (C=O) groups excluding carboxylic acids is 2. The molecule has 5 rings (SSSR count). The van der Waals surface area contributed by atoms with Crippen molar-refractivity contribution in [2.24, 2.45) is 0 Å². The van der Waals surface area contributed by atoms with Crippen LogP contribution in [0.15, 0.2) is 54.9 Å². The maximum atomic E-state index is 13.2. The smallest absolute Gasteiger partial charge is 0.254 e. The van der Waals surface area contributed by atoms with E-state index >= 15 is 0 Å². The minimum absolute atomic E-state index is 0.0232. The Morgan fingerprint density at radius 2 is 1.81 bits per heavy atom. The van der Waals surface area contributed by atoms with Crippen LogP contribution in [0.3, 0.4) is 0 Å². The van der Waals surface area contributed by atoms with Gasteiger partial charge in [-0.15, -0.1) is 0 Å². The molecular formula is C25H28N4O2. The van der Waals surface area contributed by atoms with Gasteiger partial charge < -0.3 is 14.8 Å². The number of nitrogens with zero attached hydrogens (tertiary/aromatic N) is 3. The van der Waals surface area contributed by atoms with E-state index in [0.717, 1.165) is 47.8 Å². The number of rotatable bonds is 6. The van der Waals surface area contributed by atoms with Crippen molar-refractivity contribution < 1.29 is 9.59 Å². The lowest BCUT2D eigenvalue weighted by atomic mass is 9.77. The van der Waals surface area contributed by atoms with Gasteiger partial charge in [0.2, 0.25) is 5.91 Å². The van der Waals surface area contributed by atoms with Crippen molar-refractivity contribution in [1.29, 1.82) is 0 Å². The van der Waals surface area contributed by atoms with Crippen molar-refractivity contribution in [3.05, 3.63) is 66.0 Å². The van der Waals surface area contributed by atoms with Gasteiger partial charge in [-0.3, -0.25) is 9.59 Å². The quantitative estimate of drug-likeness (QED) is 0.663. The first kappa shape index (κ1) is 19.8. The number of benzene rings is 2. The fourth-order valence-corrected chi connectivity index (χ4v) is 5.26. The van der Waals surface area contributed by atoms with Gasteiger partial charge in [0.15, 0.2) is 0 Å². The molecule has 1 fully saturated rings. The van der Waals surface area contributed by atoms with E-state index in [0.29, 0.717) is 26.1 Å². The van der Waals surface area contributed by atoms with E-state index in [1.54, 1.807) is 0 Å². The number of hydrogen-bond acceptors (Lipinski definition) is 3. The van der Waals surface area contributed by atoms with Crippen LogP contribution in [0.25, 0.3) is 11.0 Å². The summed E-state index contributed by atoms with van der Waals surface area (Å²) in [5, 5.41) is 3.09. The number of hydrogen-bond donors (Lipinski definition) is 1. The second-order valence-electron chi connectivity index (χ2n) is 8.79. The lowest BCUT2D eigenvalue weighted by molar-refractivity contribution is -0.124. The molecule has 2 aliphatic rings. The van der Waals surface area contributed by atoms with E-state index in [9.17, 15) is 9.59 Å². The van der Waals surface area contributed by atoms with Crippen LogP contribution in [0.5, 0.6) is 0 Å². The predicted octanol–water partition coefficient (Wildman–Crippen LogP) is 3.90. The third-order valence-electron chi connectivity index (χ3n) is 6.87. The molecule has 1 aliphatic heterocycles. The summed E-state index contributed by atoms with van der Waals surface area (Å²) in [6.07, 6.45) is 7.28. The van der Waals surface area contributed by atoms with Crippen LogP contribution in [0, 0.1) is 0 Å². The molecule has 31 heavy (non-hydrogen) atoms. The van der Waals surface area contributed by atoms with Crippen molar-refractivity contribution in [3.63, 3.8) is 0 Å². The molecule has 6 heteroatoms. The van der Waals surface area contributed by atoms with Crippen molar-refractivity contribution in [1.82, 2.24) is 19.8 Å². The summed E-state index contributed by atoms with van der Waals surface area (Å²) in [6.45, 7) is 1.83. The fourth-order valence-electron chi connectivity index (χ4n) is 5.26. The minimum atomic E-state index is -0.375. The van der Waals surface area contributed by atoms with Crippen LogP contribution in [-0.2, 0) is 17.9 Å². The molecule has 1 saturated carbocycles. The van der Waals surface area contributed by atoms with Crippen LogP contribution in [-0.4, -0.2) is 38.3 Å². The van der Waals surface area contributed by atoms with Gasteiger partial charge in [0.05, 0.1) is 22.9 Å². The van der Waals surface area contributed by atoms with Gasteiger partial charge in [-0.05, 0) is 36.6 Å². The molecule has 3 aromatic rings. The lowest BCUT2D eigenvalue weighted by Gasteiger charge is -2.44. The zero-order valence-corrected chi connectivity index (χ0v) is 17.7. The molecule has 2 aromatic carbocycles. The molecule has 0 spiro atoms. The highest BCUT2D eigenvalue weighted by molar-refractivity contribution is 5.99. The molecule has 0 radical (unpaired) electrons. The maximum Gasteiger partial charge on any atom is 0.254 e. The molecule has 1 aliphatic carbocycles. The zero-order chi connectivity index (χ0) is 21.3. The van der Waals surface area contributed by atoms with Gasteiger partial charge in [0.1, 0.15) is 0 Å². The molecule has 0 bridgehead atoms. The largest absolute Gasteiger partial charge is 0.354 e. The standard InChI is InChI=1S/C25H28N4O2/c30-23(26-14-15-28-18-27-21-10-4-5-11-22(21)28)16-25(12-6-1-7-13-25)29-17-19-8-2-3-9-20(19)24(29)31/h2-5,8-11,18H,1,6-7,12-17H2,(H,26,30). The highest BCUT2D eigenvalue weighted by Gasteiger charge is 2.45. The first-order valence-electron chi connectivity index (χ1n) is 11.2. The summed E-state index contributed by atoms with van der Waals surface area (Å²) in [5.41, 5.74) is 3.52. The molecule has 2 amide bonds. The number of nitrogens with one attached hydrogen (secondary N) is 1. The van der Waals surface area contributed by atoms with Crippen LogP contribution >= 0.6 is 0 Å². The Balaban J connectivity index is 1.26. The first-order chi connectivity index (χ1) is 15.2. The molecule has 0 saturated heterocycles. The van der Waals surface area contributed by atoms with Crippen LogP contribution in [0.1, 0.15) is 54.4 Å². The Morgan fingerprint density at radius 1 is 1.03 bits per heavy atom. The monoisotopic (exact) mass is 416 g/mol. The maximum absolute atomic E-state index is 13.2. The number of aromatic nitrogens is 2. The Bertz CT molecular complexity index is 1110. The Kier molecular flexibility index (Phi) is 5.22. The first-order valence-corrected chi connectivity index (χ1v) is 11.2. The highest BCUT2D eigenvalue weighted by atomic mass is 16.2. The number of fused-ring (bicyclic) bond motifs is 2. The van der Waals surface area contributed by atoms with E-state index in [4.69, 9.17) is 0 Å². The van der Waals surface area contributed by atoms with Crippen molar-refractivity contribution in [2.45, 2.75) is 57.2 Å². The van der Waals surface area contributed by atoms with E-state index in [-0.39, 0.29) is 17.4 Å². The fraction of sp³-hybridized carbons (Fsp3) is 0.400. The van der Waals surface area contributed by atoms with Gasteiger partial charge in [-0.1, -0.05) is 49.6 Å². The van der Waals surface area contributed by atoms with Gasteiger partial charge >= 0.3 is 0 Å². The van der Waals surface area contributed by atoms with Crippen molar-refractivity contribution >= 4 is 22.8 Å². The van der Waals surface area contributed by atoms with Gasteiger partial charge in [-0.25, -0.2) is 4.98 Å². The normalized spacial score (nSPS) is 17.7. The van der Waals surface area contributed by atoms with Crippen molar-refractivity contribution in [2.75, 3.05) is 6.54 Å². The molecule has 1 aromatic heterocycles. The second-order valence-corrected chi connectivity index (χ2v) is 8.79. The zero-order valence-electron chi connectivity index (χ0n) is 17.7. The summed E-state index contributed by atoms with van der Waals surface area (Å²) < 4.78 is 2.06. The topological polar surface area (TPSA) is 67.2 Å². The van der Waals surface area contributed by atoms with Gasteiger partial charge in [-0.2, -0.15) is 0 Å². The Labute approximate surface area is 182 Å². The Hall–Kier alpha value is -3.15. The number of amides is 2. The average molecular weight is 417 g/mol.